The summed E-state index contributed by atoms with van der Waals surface area (Å²) in [7, 11) is 3.81. The molecule has 0 rings (SSSR count). The summed E-state index contributed by atoms with van der Waals surface area (Å²) in [5, 5.41) is 0. The first-order chi connectivity index (χ1) is 9.65. The van der Waals surface area contributed by atoms with Crippen molar-refractivity contribution in [2.45, 2.75) is 89.9 Å². The van der Waals surface area contributed by atoms with E-state index in [1.165, 1.54) is 0 Å². The number of hydrogen-bond acceptors (Lipinski definition) is 1. The molecule has 0 saturated carbocycles. The van der Waals surface area contributed by atoms with E-state index in [1.54, 1.807) is 0 Å². The fraction of sp³-hybridized carbons (Fsp3) is 1.00. The lowest BCUT2D eigenvalue weighted by Gasteiger charge is -2.34. The van der Waals surface area contributed by atoms with Crippen molar-refractivity contribution in [3.8, 4) is 0 Å². The van der Waals surface area contributed by atoms with Crippen molar-refractivity contribution in [2.75, 3.05) is 5.75 Å². The van der Waals surface area contributed by atoms with E-state index in [0.717, 1.165) is 19.3 Å². The molecule has 0 N–H and O–H groups in total. The molecule has 0 aromatic rings. The molecular formula is C16H30BF3OS. The van der Waals surface area contributed by atoms with Gasteiger partial charge in [0.2, 0.25) is 0 Å². The summed E-state index contributed by atoms with van der Waals surface area (Å²) in [4.78, 5) is 0. The van der Waals surface area contributed by atoms with Gasteiger partial charge in [0.1, 0.15) is 13.4 Å². The van der Waals surface area contributed by atoms with Crippen LogP contribution in [0.5, 0.6) is 0 Å². The van der Waals surface area contributed by atoms with Gasteiger partial charge in [-0.3, -0.25) is 4.21 Å². The molecule has 0 aliphatic carbocycles. The fourth-order valence-corrected chi connectivity index (χ4v) is 4.47. The molecule has 0 aromatic heterocycles. The first-order valence-electron chi connectivity index (χ1n) is 7.89. The molecule has 0 amide bonds. The largest absolute Gasteiger partial charge is 0.269 e. The van der Waals surface area contributed by atoms with Crippen molar-refractivity contribution < 1.29 is 17.4 Å². The Kier molecular flexibility index (Phi) is 7.72. The van der Waals surface area contributed by atoms with Crippen molar-refractivity contribution in [1.82, 2.24) is 0 Å². The maximum Gasteiger partial charge on any atom is 0.269 e. The molecule has 0 spiro atoms. The number of hydrogen-bond donors (Lipinski definition) is 0. The second-order valence-electron chi connectivity index (χ2n) is 7.75. The summed E-state index contributed by atoms with van der Waals surface area (Å²) in [5.74, 6) is -3.40. The van der Waals surface area contributed by atoms with Crippen molar-refractivity contribution in [3.05, 3.63) is 0 Å². The summed E-state index contributed by atoms with van der Waals surface area (Å²) in [5.41, 5.74) is -2.97. The van der Waals surface area contributed by atoms with Crippen LogP contribution < -0.4 is 0 Å². The molecule has 0 aliphatic heterocycles. The Morgan fingerprint density at radius 2 is 1.50 bits per heavy atom. The lowest BCUT2D eigenvalue weighted by molar-refractivity contribution is -0.0822. The Morgan fingerprint density at radius 3 is 1.91 bits per heavy atom. The number of halogens is 3. The zero-order valence-electron chi connectivity index (χ0n) is 14.8. The topological polar surface area (TPSA) is 17.1 Å². The van der Waals surface area contributed by atoms with Crippen LogP contribution in [0.15, 0.2) is 0 Å². The predicted octanol–water partition coefficient (Wildman–Crippen LogP) is 5.00. The second kappa shape index (κ2) is 7.72. The van der Waals surface area contributed by atoms with Gasteiger partial charge in [0.05, 0.1) is 0 Å². The molecule has 2 unspecified atom stereocenters. The summed E-state index contributed by atoms with van der Waals surface area (Å²) >= 11 is 0. The van der Waals surface area contributed by atoms with Crippen molar-refractivity contribution in [1.29, 1.82) is 0 Å². The number of rotatable bonds is 10. The molecule has 0 fully saturated rings. The Hall–Kier alpha value is 0.00494. The smallest absolute Gasteiger partial charge is 0.259 e. The van der Waals surface area contributed by atoms with Crippen molar-refractivity contribution >= 4 is 18.6 Å². The van der Waals surface area contributed by atoms with Crippen LogP contribution in [0.2, 0.25) is 0 Å². The van der Waals surface area contributed by atoms with Crippen LogP contribution in [0.3, 0.4) is 0 Å². The molecule has 2 radical (unpaired) electrons. The van der Waals surface area contributed by atoms with Crippen molar-refractivity contribution in [2.24, 2.45) is 5.41 Å². The van der Waals surface area contributed by atoms with E-state index in [0.29, 0.717) is 6.92 Å². The maximum atomic E-state index is 13.6. The Morgan fingerprint density at radius 1 is 1.00 bits per heavy atom. The van der Waals surface area contributed by atoms with Gasteiger partial charge in [-0.15, -0.1) is 0 Å². The van der Waals surface area contributed by atoms with Crippen LogP contribution in [0.25, 0.3) is 0 Å². The van der Waals surface area contributed by atoms with Crippen LogP contribution >= 0.6 is 0 Å². The van der Waals surface area contributed by atoms with E-state index in [4.69, 9.17) is 7.85 Å². The van der Waals surface area contributed by atoms with E-state index >= 15 is 0 Å². The monoisotopic (exact) mass is 338 g/mol. The highest BCUT2D eigenvalue weighted by Gasteiger charge is 2.45. The molecule has 1 nitrogen and oxygen atoms in total. The van der Waals surface area contributed by atoms with Crippen LogP contribution in [0, 0.1) is 5.41 Å². The average molecular weight is 338 g/mol. The minimum atomic E-state index is -3.59. The van der Waals surface area contributed by atoms with Gasteiger partial charge < -0.3 is 0 Å². The van der Waals surface area contributed by atoms with Gasteiger partial charge in [-0.05, 0) is 44.9 Å². The van der Waals surface area contributed by atoms with Gasteiger partial charge in [0, 0.05) is 28.2 Å². The SMILES string of the molecule is [B]C(F)(CCCS(=O)C(C)(C)CC(C)(C)CCC)C(C)(F)F. The van der Waals surface area contributed by atoms with Crippen LogP contribution in [-0.2, 0) is 10.8 Å². The Labute approximate surface area is 137 Å². The lowest BCUT2D eigenvalue weighted by Crippen LogP contribution is -2.43. The van der Waals surface area contributed by atoms with Gasteiger partial charge in [0.15, 0.2) is 0 Å². The number of alkyl halides is 3. The summed E-state index contributed by atoms with van der Waals surface area (Å²) in [6, 6.07) is 0. The lowest BCUT2D eigenvalue weighted by atomic mass is 9.75. The highest BCUT2D eigenvalue weighted by molar-refractivity contribution is 7.86. The van der Waals surface area contributed by atoms with Gasteiger partial charge in [0.25, 0.3) is 5.92 Å². The predicted molar refractivity (Wildman–Crippen MR) is 89.8 cm³/mol. The molecule has 2 atom stereocenters. The zero-order valence-corrected chi connectivity index (χ0v) is 15.6. The molecule has 0 aliphatic rings. The van der Waals surface area contributed by atoms with E-state index in [9.17, 15) is 17.4 Å². The molecular weight excluding hydrogens is 308 g/mol. The second-order valence-corrected chi connectivity index (χ2v) is 9.96. The normalized spacial score (nSPS) is 18.0. The zero-order chi connectivity index (χ0) is 17.8. The highest BCUT2D eigenvalue weighted by atomic mass is 32.2. The van der Waals surface area contributed by atoms with E-state index in [2.05, 4.69) is 20.8 Å². The van der Waals surface area contributed by atoms with Gasteiger partial charge in [-0.1, -0.05) is 27.2 Å². The first-order valence-corrected chi connectivity index (χ1v) is 9.21. The third-order valence-corrected chi connectivity index (χ3v) is 6.08. The molecule has 22 heavy (non-hydrogen) atoms. The summed E-state index contributed by atoms with van der Waals surface area (Å²) in [6.07, 6.45) is 2.45. The molecule has 0 aromatic carbocycles. The van der Waals surface area contributed by atoms with E-state index in [-0.39, 0.29) is 17.6 Å². The van der Waals surface area contributed by atoms with E-state index in [1.807, 2.05) is 13.8 Å². The van der Waals surface area contributed by atoms with Gasteiger partial charge in [-0.2, -0.15) is 0 Å². The summed E-state index contributed by atoms with van der Waals surface area (Å²) < 4.78 is 51.6. The van der Waals surface area contributed by atoms with Gasteiger partial charge >= 0.3 is 0 Å². The standard InChI is InChI=1S/C16H30BF3OS/c1-7-9-13(2,3)12-14(4,5)22(21)11-8-10-16(17,20)15(6,18)19/h7-12H2,1-6H3. The minimum Gasteiger partial charge on any atom is -0.259 e. The third-order valence-electron chi connectivity index (χ3n) is 4.05. The molecule has 130 valence electrons. The summed E-state index contributed by atoms with van der Waals surface area (Å²) in [6.45, 7) is 10.7. The highest BCUT2D eigenvalue weighted by Crippen LogP contribution is 2.36. The molecule has 0 heterocycles. The van der Waals surface area contributed by atoms with E-state index < -0.39 is 33.5 Å². The molecule has 0 saturated heterocycles. The average Bonchev–Trinajstić information content (AvgIpc) is 2.24. The molecule has 6 heteroatoms. The fourth-order valence-electron chi connectivity index (χ4n) is 2.95. The van der Waals surface area contributed by atoms with Crippen molar-refractivity contribution in [3.63, 3.8) is 0 Å². The molecule has 0 bridgehead atoms. The minimum absolute atomic E-state index is 0.0715. The quantitative estimate of drug-likeness (QED) is 0.512. The van der Waals surface area contributed by atoms with Crippen LogP contribution in [0.4, 0.5) is 13.2 Å². The third kappa shape index (κ3) is 7.05. The Bertz CT molecular complexity index is 376. The Balaban J connectivity index is 4.54. The van der Waals surface area contributed by atoms with Gasteiger partial charge in [-0.25, -0.2) is 13.2 Å². The van der Waals surface area contributed by atoms with Crippen LogP contribution in [-0.4, -0.2) is 34.0 Å². The maximum absolute atomic E-state index is 13.6. The van der Waals surface area contributed by atoms with Crippen LogP contribution in [0.1, 0.15) is 73.6 Å². The first kappa shape index (κ1) is 22.0.